The number of rotatable bonds is 6. The van der Waals surface area contributed by atoms with E-state index in [9.17, 15) is 4.79 Å². The number of fused-ring (bicyclic) bond motifs is 1. The van der Waals surface area contributed by atoms with Gasteiger partial charge in [0.15, 0.2) is 0 Å². The van der Waals surface area contributed by atoms with Gasteiger partial charge in [0.1, 0.15) is 12.1 Å². The van der Waals surface area contributed by atoms with Gasteiger partial charge in [-0.3, -0.25) is 14.6 Å². The van der Waals surface area contributed by atoms with E-state index >= 15 is 0 Å². The SMILES string of the molecule is C#Cc1cccc(Nc2ncnc3ccc(NC(=O)CN4CCN(C(C)C)CC4)cc23)c1. The summed E-state index contributed by atoms with van der Waals surface area (Å²) in [5, 5.41) is 7.15. The van der Waals surface area contributed by atoms with Gasteiger partial charge in [-0.2, -0.15) is 0 Å². The third kappa shape index (κ3) is 5.22. The highest BCUT2D eigenvalue weighted by molar-refractivity contribution is 5.97. The Morgan fingerprint density at radius 3 is 2.66 bits per heavy atom. The van der Waals surface area contributed by atoms with Crippen LogP contribution in [0, 0.1) is 12.3 Å². The first kappa shape index (κ1) is 21.8. The fourth-order valence-corrected chi connectivity index (χ4v) is 3.90. The van der Waals surface area contributed by atoms with Crippen LogP contribution in [0.4, 0.5) is 17.2 Å². The number of aromatic nitrogens is 2. The summed E-state index contributed by atoms with van der Waals surface area (Å²) in [6.07, 6.45) is 7.03. The average Bonchev–Trinajstić information content (AvgIpc) is 2.80. The highest BCUT2D eigenvalue weighted by Gasteiger charge is 2.20. The summed E-state index contributed by atoms with van der Waals surface area (Å²) in [6, 6.07) is 13.8. The van der Waals surface area contributed by atoms with E-state index in [0.717, 1.165) is 54.0 Å². The molecule has 0 atom stereocenters. The standard InChI is InChI=1S/C25H28N6O/c1-4-19-6-5-7-20(14-19)29-25-22-15-21(8-9-23(22)26-17-27-25)28-24(32)16-30-10-12-31(13-11-30)18(2)3/h1,5-9,14-15,17-18H,10-13,16H2,2-3H3,(H,28,32)(H,26,27,29). The molecule has 7 nitrogen and oxygen atoms in total. The fraction of sp³-hybridized carbons (Fsp3) is 0.320. The zero-order valence-corrected chi connectivity index (χ0v) is 18.5. The number of amides is 1. The molecule has 7 heteroatoms. The third-order valence-corrected chi connectivity index (χ3v) is 5.72. The zero-order chi connectivity index (χ0) is 22.5. The van der Waals surface area contributed by atoms with Crippen LogP contribution < -0.4 is 10.6 Å². The number of anilines is 3. The van der Waals surface area contributed by atoms with E-state index in [1.165, 1.54) is 6.33 Å². The van der Waals surface area contributed by atoms with Gasteiger partial charge in [0, 0.05) is 54.5 Å². The number of nitrogens with zero attached hydrogens (tertiary/aromatic N) is 4. The lowest BCUT2D eigenvalue weighted by molar-refractivity contribution is -0.117. The van der Waals surface area contributed by atoms with Crippen LogP contribution in [0.5, 0.6) is 0 Å². The first-order chi connectivity index (χ1) is 15.5. The van der Waals surface area contributed by atoms with Gasteiger partial charge in [-0.25, -0.2) is 9.97 Å². The number of hydrogen-bond donors (Lipinski definition) is 2. The van der Waals surface area contributed by atoms with Crippen molar-refractivity contribution in [1.29, 1.82) is 0 Å². The smallest absolute Gasteiger partial charge is 0.238 e. The van der Waals surface area contributed by atoms with Gasteiger partial charge in [0.2, 0.25) is 5.91 Å². The molecule has 0 saturated carbocycles. The van der Waals surface area contributed by atoms with Gasteiger partial charge < -0.3 is 10.6 Å². The quantitative estimate of drug-likeness (QED) is 0.587. The normalized spacial score (nSPS) is 14.9. The van der Waals surface area contributed by atoms with Crippen LogP contribution in [-0.4, -0.2) is 64.4 Å². The molecule has 164 valence electrons. The van der Waals surface area contributed by atoms with Gasteiger partial charge in [-0.1, -0.05) is 12.0 Å². The third-order valence-electron chi connectivity index (χ3n) is 5.72. The van der Waals surface area contributed by atoms with Crippen molar-refractivity contribution in [3.05, 3.63) is 54.4 Å². The molecular formula is C25H28N6O. The van der Waals surface area contributed by atoms with Gasteiger partial charge in [-0.05, 0) is 50.2 Å². The minimum absolute atomic E-state index is 0.0181. The second-order valence-corrected chi connectivity index (χ2v) is 8.26. The van der Waals surface area contributed by atoms with E-state index in [4.69, 9.17) is 6.42 Å². The number of terminal acetylenes is 1. The maximum absolute atomic E-state index is 12.6. The largest absolute Gasteiger partial charge is 0.340 e. The molecule has 1 saturated heterocycles. The number of piperazine rings is 1. The molecule has 1 amide bonds. The van der Waals surface area contributed by atoms with Crippen molar-refractivity contribution in [3.63, 3.8) is 0 Å². The maximum atomic E-state index is 12.6. The number of benzene rings is 2. The van der Waals surface area contributed by atoms with Gasteiger partial charge in [0.25, 0.3) is 0 Å². The summed E-state index contributed by atoms with van der Waals surface area (Å²) in [7, 11) is 0. The molecule has 1 aromatic heterocycles. The zero-order valence-electron chi connectivity index (χ0n) is 18.5. The Kier molecular flexibility index (Phi) is 6.64. The Balaban J connectivity index is 1.45. The molecule has 2 N–H and O–H groups in total. The van der Waals surface area contributed by atoms with Gasteiger partial charge in [0.05, 0.1) is 12.1 Å². The molecule has 2 aromatic carbocycles. The first-order valence-electron chi connectivity index (χ1n) is 10.9. The summed E-state index contributed by atoms with van der Waals surface area (Å²) in [5.74, 6) is 3.27. The van der Waals surface area contributed by atoms with E-state index in [0.29, 0.717) is 18.4 Å². The van der Waals surface area contributed by atoms with Crippen LogP contribution in [0.3, 0.4) is 0 Å². The summed E-state index contributed by atoms with van der Waals surface area (Å²) in [6.45, 7) is 8.60. The van der Waals surface area contributed by atoms with Crippen molar-refractivity contribution < 1.29 is 4.79 Å². The number of nitrogens with one attached hydrogen (secondary N) is 2. The molecule has 1 fully saturated rings. The molecule has 3 aromatic rings. The Morgan fingerprint density at radius 2 is 1.91 bits per heavy atom. The molecule has 0 bridgehead atoms. The van der Waals surface area contributed by atoms with E-state index in [1.54, 1.807) is 0 Å². The number of carbonyl (C=O) groups is 1. The molecule has 1 aliphatic rings. The average molecular weight is 429 g/mol. The van der Waals surface area contributed by atoms with E-state index in [2.05, 4.69) is 50.2 Å². The minimum Gasteiger partial charge on any atom is -0.340 e. The molecule has 2 heterocycles. The van der Waals surface area contributed by atoms with Crippen molar-refractivity contribution in [2.24, 2.45) is 0 Å². The van der Waals surface area contributed by atoms with Crippen molar-refractivity contribution in [1.82, 2.24) is 19.8 Å². The molecule has 4 rings (SSSR count). The van der Waals surface area contributed by atoms with Crippen LogP contribution in [0.15, 0.2) is 48.8 Å². The highest BCUT2D eigenvalue weighted by atomic mass is 16.2. The van der Waals surface area contributed by atoms with Crippen LogP contribution in [0.25, 0.3) is 10.9 Å². The monoisotopic (exact) mass is 428 g/mol. The van der Waals surface area contributed by atoms with Crippen LogP contribution in [0.2, 0.25) is 0 Å². The summed E-state index contributed by atoms with van der Waals surface area (Å²) < 4.78 is 0. The number of carbonyl (C=O) groups excluding carboxylic acids is 1. The molecule has 0 spiro atoms. The minimum atomic E-state index is -0.0181. The topological polar surface area (TPSA) is 73.4 Å². The fourth-order valence-electron chi connectivity index (χ4n) is 3.90. The van der Waals surface area contributed by atoms with Crippen molar-refractivity contribution in [3.8, 4) is 12.3 Å². The predicted octanol–water partition coefficient (Wildman–Crippen LogP) is 3.32. The maximum Gasteiger partial charge on any atom is 0.238 e. The second-order valence-electron chi connectivity index (χ2n) is 8.26. The van der Waals surface area contributed by atoms with Gasteiger partial charge in [-0.15, -0.1) is 6.42 Å². The lowest BCUT2D eigenvalue weighted by atomic mass is 10.2. The Labute approximate surface area is 188 Å². The Morgan fingerprint density at radius 1 is 1.09 bits per heavy atom. The van der Waals surface area contributed by atoms with Crippen LogP contribution >= 0.6 is 0 Å². The number of hydrogen-bond acceptors (Lipinski definition) is 6. The van der Waals surface area contributed by atoms with Gasteiger partial charge >= 0.3 is 0 Å². The molecule has 32 heavy (non-hydrogen) atoms. The van der Waals surface area contributed by atoms with E-state index in [1.807, 2.05) is 42.5 Å². The van der Waals surface area contributed by atoms with Crippen molar-refractivity contribution in [2.45, 2.75) is 19.9 Å². The van der Waals surface area contributed by atoms with E-state index in [-0.39, 0.29) is 5.91 Å². The van der Waals surface area contributed by atoms with Crippen LogP contribution in [0.1, 0.15) is 19.4 Å². The van der Waals surface area contributed by atoms with Crippen molar-refractivity contribution >= 4 is 34.0 Å². The summed E-state index contributed by atoms with van der Waals surface area (Å²) in [4.78, 5) is 26.0. The molecular weight excluding hydrogens is 400 g/mol. The van der Waals surface area contributed by atoms with E-state index < -0.39 is 0 Å². The van der Waals surface area contributed by atoms with Crippen LogP contribution in [-0.2, 0) is 4.79 Å². The first-order valence-corrected chi connectivity index (χ1v) is 10.9. The Bertz CT molecular complexity index is 1140. The molecule has 0 radical (unpaired) electrons. The second kappa shape index (κ2) is 9.77. The Hall–Kier alpha value is -3.47. The lowest BCUT2D eigenvalue weighted by Gasteiger charge is -2.36. The summed E-state index contributed by atoms with van der Waals surface area (Å²) in [5.41, 5.74) is 3.14. The van der Waals surface area contributed by atoms with Crippen molar-refractivity contribution in [2.75, 3.05) is 43.4 Å². The summed E-state index contributed by atoms with van der Waals surface area (Å²) >= 11 is 0. The highest BCUT2D eigenvalue weighted by Crippen LogP contribution is 2.26. The molecule has 1 aliphatic heterocycles. The predicted molar refractivity (Wildman–Crippen MR) is 129 cm³/mol. The molecule has 0 unspecified atom stereocenters. The molecule has 0 aliphatic carbocycles. The lowest BCUT2D eigenvalue weighted by Crippen LogP contribution is -2.50.